The van der Waals surface area contributed by atoms with Crippen LogP contribution >= 0.6 is 22.9 Å². The zero-order chi connectivity index (χ0) is 22.3. The van der Waals surface area contributed by atoms with Crippen LogP contribution < -0.4 is 10.2 Å². The number of hydrogen-bond donors (Lipinski definition) is 1. The number of thiazole rings is 1. The Morgan fingerprint density at radius 2 is 2.03 bits per heavy atom. The van der Waals surface area contributed by atoms with Crippen LogP contribution in [0.2, 0.25) is 5.02 Å². The molecule has 0 saturated carbocycles. The van der Waals surface area contributed by atoms with Crippen LogP contribution in [0.3, 0.4) is 0 Å². The standard InChI is InChI=1S/C19H21ClN4O5S2/c1-11-17(30-18(21-11)22-12(2)25)31(27,28)23-8-6-13(7-9-23)24-16-5-3-4-15(20)14(16)10-29-19(24)26/h3-5,13H,6-10H2,1-2H3,(H,21,22,25). The van der Waals surface area contributed by atoms with Gasteiger partial charge in [0.05, 0.1) is 11.4 Å². The van der Waals surface area contributed by atoms with Crippen molar-refractivity contribution in [2.75, 3.05) is 23.3 Å². The molecule has 2 amide bonds. The molecule has 1 aromatic heterocycles. The number of ether oxygens (including phenoxy) is 1. The van der Waals surface area contributed by atoms with Gasteiger partial charge in [0.2, 0.25) is 5.91 Å². The molecule has 0 spiro atoms. The lowest BCUT2D eigenvalue weighted by Gasteiger charge is -2.39. The fraction of sp³-hybridized carbons (Fsp3) is 0.421. The third-order valence-corrected chi connectivity index (χ3v) is 9.20. The van der Waals surface area contributed by atoms with Crippen LogP contribution in [0.1, 0.15) is 31.0 Å². The Labute approximate surface area is 189 Å². The summed E-state index contributed by atoms with van der Waals surface area (Å²) in [5.74, 6) is -0.313. The van der Waals surface area contributed by atoms with Gasteiger partial charge in [-0.15, -0.1) is 0 Å². The number of halogens is 1. The van der Waals surface area contributed by atoms with E-state index in [0.29, 0.717) is 29.2 Å². The number of carbonyl (C=O) groups excluding carboxylic acids is 2. The summed E-state index contributed by atoms with van der Waals surface area (Å²) in [7, 11) is -3.76. The number of nitrogens with one attached hydrogen (secondary N) is 1. The summed E-state index contributed by atoms with van der Waals surface area (Å²) in [6.45, 7) is 3.57. The van der Waals surface area contributed by atoms with E-state index in [1.54, 1.807) is 24.0 Å². The van der Waals surface area contributed by atoms with Gasteiger partial charge in [0.1, 0.15) is 6.61 Å². The highest BCUT2D eigenvalue weighted by atomic mass is 35.5. The summed E-state index contributed by atoms with van der Waals surface area (Å²) in [6.07, 6.45) is 0.460. The second-order valence-corrected chi connectivity index (χ2v) is 10.9. The molecule has 31 heavy (non-hydrogen) atoms. The van der Waals surface area contributed by atoms with E-state index < -0.39 is 16.1 Å². The number of hydrogen-bond acceptors (Lipinski definition) is 7. The Bertz CT molecular complexity index is 1140. The van der Waals surface area contributed by atoms with Crippen LogP contribution in [0, 0.1) is 6.92 Å². The number of carbonyl (C=O) groups is 2. The predicted molar refractivity (Wildman–Crippen MR) is 117 cm³/mol. The molecule has 0 radical (unpaired) electrons. The van der Waals surface area contributed by atoms with E-state index in [9.17, 15) is 18.0 Å². The first-order chi connectivity index (χ1) is 14.7. The molecular weight excluding hydrogens is 464 g/mol. The minimum atomic E-state index is -3.76. The van der Waals surface area contributed by atoms with Gasteiger partial charge in [0.15, 0.2) is 9.34 Å². The van der Waals surface area contributed by atoms with Crippen molar-refractivity contribution in [2.45, 2.75) is 43.5 Å². The van der Waals surface area contributed by atoms with E-state index in [1.807, 2.05) is 6.07 Å². The molecule has 4 rings (SSSR count). The highest BCUT2D eigenvalue weighted by Gasteiger charge is 2.38. The number of amides is 2. The lowest BCUT2D eigenvalue weighted by atomic mass is 10.0. The van der Waals surface area contributed by atoms with Crippen LogP contribution in [-0.4, -0.2) is 48.8 Å². The minimum Gasteiger partial charge on any atom is -0.444 e. The summed E-state index contributed by atoms with van der Waals surface area (Å²) in [4.78, 5) is 29.5. The number of cyclic esters (lactones) is 1. The quantitative estimate of drug-likeness (QED) is 0.712. The number of sulfonamides is 1. The molecule has 1 N–H and O–H groups in total. The molecule has 1 fully saturated rings. The molecule has 0 bridgehead atoms. The summed E-state index contributed by atoms with van der Waals surface area (Å²) < 4.78 is 33.1. The normalized spacial score (nSPS) is 17.9. The molecule has 166 valence electrons. The Kier molecular flexibility index (Phi) is 5.95. The molecule has 12 heteroatoms. The fourth-order valence-electron chi connectivity index (χ4n) is 3.85. The predicted octanol–water partition coefficient (Wildman–Crippen LogP) is 3.37. The zero-order valence-electron chi connectivity index (χ0n) is 16.9. The van der Waals surface area contributed by atoms with Crippen LogP contribution in [0.25, 0.3) is 0 Å². The lowest BCUT2D eigenvalue weighted by molar-refractivity contribution is -0.114. The van der Waals surface area contributed by atoms with E-state index >= 15 is 0 Å². The third-order valence-electron chi connectivity index (χ3n) is 5.29. The first kappa shape index (κ1) is 22.0. The molecule has 1 aromatic carbocycles. The molecule has 1 saturated heterocycles. The monoisotopic (exact) mass is 484 g/mol. The first-order valence-electron chi connectivity index (χ1n) is 9.67. The van der Waals surface area contributed by atoms with E-state index in [-0.39, 0.29) is 41.0 Å². The van der Waals surface area contributed by atoms with Gasteiger partial charge >= 0.3 is 6.09 Å². The van der Waals surface area contributed by atoms with Crippen molar-refractivity contribution in [3.63, 3.8) is 0 Å². The van der Waals surface area contributed by atoms with Gasteiger partial charge < -0.3 is 10.1 Å². The summed E-state index contributed by atoms with van der Waals surface area (Å²) in [5, 5.41) is 3.31. The molecule has 2 aliphatic rings. The second-order valence-electron chi connectivity index (χ2n) is 7.37. The number of benzene rings is 1. The number of aromatic nitrogens is 1. The van der Waals surface area contributed by atoms with Gasteiger partial charge in [-0.25, -0.2) is 18.2 Å². The number of piperidine rings is 1. The molecule has 0 unspecified atom stereocenters. The van der Waals surface area contributed by atoms with Crippen molar-refractivity contribution in [1.82, 2.24) is 9.29 Å². The van der Waals surface area contributed by atoms with E-state index in [2.05, 4.69) is 10.3 Å². The smallest absolute Gasteiger partial charge is 0.414 e. The minimum absolute atomic E-state index is 0.115. The van der Waals surface area contributed by atoms with Gasteiger partial charge in [0, 0.05) is 36.6 Å². The molecule has 3 heterocycles. The van der Waals surface area contributed by atoms with Gasteiger partial charge in [-0.1, -0.05) is 29.0 Å². The maximum absolute atomic E-state index is 13.2. The summed E-state index contributed by atoms with van der Waals surface area (Å²) >= 11 is 7.19. The third kappa shape index (κ3) is 4.14. The molecule has 0 aliphatic carbocycles. The summed E-state index contributed by atoms with van der Waals surface area (Å²) in [5.41, 5.74) is 1.81. The van der Waals surface area contributed by atoms with Crippen molar-refractivity contribution in [3.05, 3.63) is 34.5 Å². The van der Waals surface area contributed by atoms with E-state index in [0.717, 1.165) is 16.9 Å². The van der Waals surface area contributed by atoms with Gasteiger partial charge in [0.25, 0.3) is 10.0 Å². The topological polar surface area (TPSA) is 109 Å². The average molecular weight is 485 g/mol. The molecule has 0 atom stereocenters. The average Bonchev–Trinajstić information content (AvgIpc) is 3.08. The largest absolute Gasteiger partial charge is 0.444 e. The van der Waals surface area contributed by atoms with Crippen molar-refractivity contribution >= 4 is 55.8 Å². The maximum Gasteiger partial charge on any atom is 0.414 e. The molecule has 9 nitrogen and oxygen atoms in total. The van der Waals surface area contributed by atoms with Gasteiger partial charge in [-0.2, -0.15) is 4.31 Å². The number of aryl methyl sites for hydroxylation is 1. The number of nitrogens with zero attached hydrogens (tertiary/aromatic N) is 3. The second kappa shape index (κ2) is 8.38. The molecule has 2 aliphatic heterocycles. The SMILES string of the molecule is CC(=O)Nc1nc(C)c(S(=O)(=O)N2CCC(N3C(=O)OCc4c(Cl)cccc43)CC2)s1. The van der Waals surface area contributed by atoms with Gasteiger partial charge in [-0.3, -0.25) is 9.69 Å². The van der Waals surface area contributed by atoms with E-state index in [4.69, 9.17) is 16.3 Å². The fourth-order valence-corrected chi connectivity index (χ4v) is 7.14. The number of anilines is 2. The molecular formula is C19H21ClN4O5S2. The van der Waals surface area contributed by atoms with Gasteiger partial charge in [-0.05, 0) is 31.9 Å². The van der Waals surface area contributed by atoms with E-state index in [1.165, 1.54) is 11.2 Å². The van der Waals surface area contributed by atoms with Crippen LogP contribution in [0.4, 0.5) is 15.6 Å². The Morgan fingerprint density at radius 1 is 1.32 bits per heavy atom. The first-order valence-corrected chi connectivity index (χ1v) is 12.3. The molecule has 2 aromatic rings. The van der Waals surface area contributed by atoms with Crippen molar-refractivity contribution in [3.8, 4) is 0 Å². The Morgan fingerprint density at radius 3 is 2.71 bits per heavy atom. The van der Waals surface area contributed by atoms with Crippen molar-refractivity contribution in [2.24, 2.45) is 0 Å². The highest BCUT2D eigenvalue weighted by molar-refractivity contribution is 7.91. The Hall–Kier alpha value is -2.21. The Balaban J connectivity index is 1.52. The van der Waals surface area contributed by atoms with Crippen LogP contribution in [-0.2, 0) is 26.2 Å². The summed E-state index contributed by atoms with van der Waals surface area (Å²) in [6, 6.07) is 5.16. The van der Waals surface area contributed by atoms with Crippen molar-refractivity contribution < 1.29 is 22.7 Å². The number of fused-ring (bicyclic) bond motifs is 1. The zero-order valence-corrected chi connectivity index (χ0v) is 19.3. The maximum atomic E-state index is 13.2. The highest BCUT2D eigenvalue weighted by Crippen LogP contribution is 2.37. The number of rotatable bonds is 4. The van der Waals surface area contributed by atoms with Crippen molar-refractivity contribution in [1.29, 1.82) is 0 Å². The van der Waals surface area contributed by atoms with Crippen LogP contribution in [0.15, 0.2) is 22.4 Å². The van der Waals surface area contributed by atoms with Crippen LogP contribution in [0.5, 0.6) is 0 Å². The lowest BCUT2D eigenvalue weighted by Crippen LogP contribution is -2.50.